The van der Waals surface area contributed by atoms with E-state index in [4.69, 9.17) is 15.3 Å². The molecule has 0 atom stereocenters. The first-order valence-electron chi connectivity index (χ1n) is 6.35. The Kier molecular flexibility index (Phi) is 6.25. The van der Waals surface area contributed by atoms with Crippen LogP contribution in [-0.2, 0) is 0 Å². The number of hydrogen-bond donors (Lipinski definition) is 0. The van der Waals surface area contributed by atoms with Crippen LogP contribution in [0.4, 0.5) is 0 Å². The van der Waals surface area contributed by atoms with Gasteiger partial charge < -0.3 is 4.74 Å². The minimum atomic E-state index is 0.0585. The molecule has 0 radical (unpaired) electrons. The lowest BCUT2D eigenvalue weighted by molar-refractivity contribution is 0.414. The maximum atomic E-state index is 8.77. The van der Waals surface area contributed by atoms with Crippen LogP contribution < -0.4 is 4.74 Å². The van der Waals surface area contributed by atoms with E-state index < -0.39 is 0 Å². The molecule has 0 bridgehead atoms. The molecule has 0 aliphatic carbocycles. The first kappa shape index (κ1) is 16.0. The molecule has 0 unspecified atom stereocenters. The summed E-state index contributed by atoms with van der Waals surface area (Å²) in [4.78, 5) is 0. The Balaban J connectivity index is 3.17. The van der Waals surface area contributed by atoms with Crippen molar-refractivity contribution in [2.45, 2.75) is 6.92 Å². The normalized spacial score (nSPS) is 10.6. The fourth-order valence-corrected chi connectivity index (χ4v) is 1.68. The van der Waals surface area contributed by atoms with Crippen molar-refractivity contribution in [1.29, 1.82) is 10.5 Å². The Hall–Kier alpha value is -3.04. The molecule has 0 saturated carbocycles. The monoisotopic (exact) mass is 276 g/mol. The number of allylic oxidation sites excluding steroid dienone is 5. The molecule has 104 valence electrons. The van der Waals surface area contributed by atoms with Crippen LogP contribution in [0.25, 0.3) is 12.2 Å². The molecule has 0 N–H and O–H groups in total. The van der Waals surface area contributed by atoms with Crippen molar-refractivity contribution in [1.82, 2.24) is 0 Å². The molecule has 1 aromatic carbocycles. The molecule has 1 rings (SSSR count). The minimum absolute atomic E-state index is 0.0585. The number of benzene rings is 1. The van der Waals surface area contributed by atoms with Crippen LogP contribution >= 0.6 is 0 Å². The molecule has 1 aromatic rings. The standard InChI is InChI=1S/C18H16N2O/c1-4-14(5-2)6-8-17-9-7-15(11-18(17)21-3)10-16(12-19)13-20/h4-11H,1H2,2-3H3/b8-6+,14-5+. The highest BCUT2D eigenvalue weighted by atomic mass is 16.5. The van der Waals surface area contributed by atoms with Gasteiger partial charge in [0.15, 0.2) is 0 Å². The van der Waals surface area contributed by atoms with Crippen molar-refractivity contribution in [3.05, 3.63) is 65.3 Å². The molecule has 0 aromatic heterocycles. The van der Waals surface area contributed by atoms with Crippen molar-refractivity contribution in [2.24, 2.45) is 0 Å². The van der Waals surface area contributed by atoms with Crippen LogP contribution in [-0.4, -0.2) is 7.11 Å². The summed E-state index contributed by atoms with van der Waals surface area (Å²) in [6, 6.07) is 9.17. The molecule has 0 heterocycles. The van der Waals surface area contributed by atoms with Crippen LogP contribution in [0, 0.1) is 22.7 Å². The SMILES string of the molecule is C=CC(/C=C/c1ccc(C=C(C#N)C#N)cc1OC)=C\C. The lowest BCUT2D eigenvalue weighted by Gasteiger charge is -2.06. The zero-order valence-corrected chi connectivity index (χ0v) is 12.1. The van der Waals surface area contributed by atoms with Crippen LogP contribution in [0.15, 0.2) is 54.2 Å². The third-order valence-corrected chi connectivity index (χ3v) is 2.83. The second kappa shape index (κ2) is 8.19. The lowest BCUT2D eigenvalue weighted by Crippen LogP contribution is -1.88. The van der Waals surface area contributed by atoms with Crippen molar-refractivity contribution >= 4 is 12.2 Å². The fourth-order valence-electron chi connectivity index (χ4n) is 1.68. The highest BCUT2D eigenvalue weighted by Gasteiger charge is 2.02. The molecule has 0 aliphatic rings. The smallest absolute Gasteiger partial charge is 0.130 e. The molecule has 0 saturated heterocycles. The van der Waals surface area contributed by atoms with E-state index in [-0.39, 0.29) is 5.57 Å². The highest BCUT2D eigenvalue weighted by molar-refractivity contribution is 5.67. The summed E-state index contributed by atoms with van der Waals surface area (Å²) in [6.07, 6.45) is 9.12. The largest absolute Gasteiger partial charge is 0.496 e. The lowest BCUT2D eigenvalue weighted by atomic mass is 10.1. The van der Waals surface area contributed by atoms with Crippen molar-refractivity contribution < 1.29 is 4.74 Å². The summed E-state index contributed by atoms with van der Waals surface area (Å²) in [5.74, 6) is 0.676. The predicted octanol–water partition coefficient (Wildman–Crippen LogP) is 4.27. The van der Waals surface area contributed by atoms with Gasteiger partial charge >= 0.3 is 0 Å². The van der Waals surface area contributed by atoms with E-state index in [1.807, 2.05) is 49.4 Å². The second-order valence-electron chi connectivity index (χ2n) is 4.11. The first-order valence-corrected chi connectivity index (χ1v) is 6.35. The Labute approximate surface area is 125 Å². The molecular formula is C18H16N2O. The summed E-state index contributed by atoms with van der Waals surface area (Å²) >= 11 is 0. The van der Waals surface area contributed by atoms with E-state index in [0.29, 0.717) is 5.75 Å². The third-order valence-electron chi connectivity index (χ3n) is 2.83. The number of ether oxygens (including phenoxy) is 1. The van der Waals surface area contributed by atoms with Gasteiger partial charge in [-0.25, -0.2) is 0 Å². The minimum Gasteiger partial charge on any atom is -0.496 e. The molecular weight excluding hydrogens is 260 g/mol. The quantitative estimate of drug-likeness (QED) is 0.596. The Morgan fingerprint density at radius 3 is 2.52 bits per heavy atom. The zero-order chi connectivity index (χ0) is 15.7. The second-order valence-corrected chi connectivity index (χ2v) is 4.11. The summed E-state index contributed by atoms with van der Waals surface area (Å²) in [7, 11) is 1.58. The van der Waals surface area contributed by atoms with Gasteiger partial charge in [-0.3, -0.25) is 0 Å². The Morgan fingerprint density at radius 1 is 1.29 bits per heavy atom. The number of hydrogen-bond acceptors (Lipinski definition) is 3. The zero-order valence-electron chi connectivity index (χ0n) is 12.1. The predicted molar refractivity (Wildman–Crippen MR) is 85.2 cm³/mol. The van der Waals surface area contributed by atoms with E-state index in [2.05, 4.69) is 6.58 Å². The maximum absolute atomic E-state index is 8.77. The van der Waals surface area contributed by atoms with Gasteiger partial charge in [-0.1, -0.05) is 43.0 Å². The van der Waals surface area contributed by atoms with E-state index in [1.54, 1.807) is 19.3 Å². The van der Waals surface area contributed by atoms with Crippen LogP contribution in [0.3, 0.4) is 0 Å². The molecule has 3 heteroatoms. The van der Waals surface area contributed by atoms with Gasteiger partial charge in [0.1, 0.15) is 23.5 Å². The summed E-state index contributed by atoms with van der Waals surface area (Å²) in [5, 5.41) is 17.5. The average molecular weight is 276 g/mol. The Bertz CT molecular complexity index is 679. The highest BCUT2D eigenvalue weighted by Crippen LogP contribution is 2.23. The average Bonchev–Trinajstić information content (AvgIpc) is 2.54. The molecule has 0 aliphatic heterocycles. The topological polar surface area (TPSA) is 56.8 Å². The van der Waals surface area contributed by atoms with Gasteiger partial charge in [0.2, 0.25) is 0 Å². The van der Waals surface area contributed by atoms with Crippen molar-refractivity contribution in [3.8, 4) is 17.9 Å². The van der Waals surface area contributed by atoms with E-state index in [1.165, 1.54) is 6.08 Å². The summed E-state index contributed by atoms with van der Waals surface area (Å²) < 4.78 is 5.34. The number of methoxy groups -OCH3 is 1. The summed E-state index contributed by atoms with van der Waals surface area (Å²) in [5.41, 5.74) is 2.73. The first-order chi connectivity index (χ1) is 10.2. The van der Waals surface area contributed by atoms with Gasteiger partial charge in [0.05, 0.1) is 7.11 Å². The number of rotatable bonds is 5. The van der Waals surface area contributed by atoms with E-state index >= 15 is 0 Å². The van der Waals surface area contributed by atoms with Crippen LogP contribution in [0.1, 0.15) is 18.1 Å². The maximum Gasteiger partial charge on any atom is 0.130 e. The van der Waals surface area contributed by atoms with Gasteiger partial charge in [0.25, 0.3) is 0 Å². The molecule has 0 fully saturated rings. The fraction of sp³-hybridized carbons (Fsp3) is 0.111. The molecule has 0 spiro atoms. The third kappa shape index (κ3) is 4.53. The summed E-state index contributed by atoms with van der Waals surface area (Å²) in [6.45, 7) is 5.67. The number of nitriles is 2. The van der Waals surface area contributed by atoms with Gasteiger partial charge in [-0.15, -0.1) is 0 Å². The Morgan fingerprint density at radius 2 is 2.00 bits per heavy atom. The van der Waals surface area contributed by atoms with Crippen LogP contribution in [0.2, 0.25) is 0 Å². The molecule has 3 nitrogen and oxygen atoms in total. The van der Waals surface area contributed by atoms with Crippen molar-refractivity contribution in [3.63, 3.8) is 0 Å². The van der Waals surface area contributed by atoms with Gasteiger partial charge in [-0.05, 0) is 30.2 Å². The number of nitrogens with zero attached hydrogens (tertiary/aromatic N) is 2. The van der Waals surface area contributed by atoms with Crippen molar-refractivity contribution in [2.75, 3.05) is 7.11 Å². The molecule has 0 amide bonds. The van der Waals surface area contributed by atoms with Gasteiger partial charge in [-0.2, -0.15) is 10.5 Å². The molecule has 21 heavy (non-hydrogen) atoms. The van der Waals surface area contributed by atoms with Crippen LogP contribution in [0.5, 0.6) is 5.75 Å². The van der Waals surface area contributed by atoms with E-state index in [9.17, 15) is 0 Å². The van der Waals surface area contributed by atoms with Gasteiger partial charge in [0, 0.05) is 5.56 Å². The van der Waals surface area contributed by atoms with E-state index in [0.717, 1.165) is 16.7 Å².